The van der Waals surface area contributed by atoms with Gasteiger partial charge >= 0.3 is 5.97 Å². The molecule has 33 heavy (non-hydrogen) atoms. The van der Waals surface area contributed by atoms with E-state index in [1.54, 1.807) is 6.20 Å². The first-order valence-corrected chi connectivity index (χ1v) is 10.8. The van der Waals surface area contributed by atoms with Crippen LogP contribution in [0.2, 0.25) is 0 Å². The highest BCUT2D eigenvalue weighted by Crippen LogP contribution is 2.19. The molecule has 3 atom stereocenters. The van der Waals surface area contributed by atoms with Crippen molar-refractivity contribution >= 4 is 34.6 Å². The van der Waals surface area contributed by atoms with Crippen LogP contribution in [0.1, 0.15) is 31.7 Å². The van der Waals surface area contributed by atoms with E-state index in [-0.39, 0.29) is 19.4 Å². The number of carbonyl (C=O) groups is 4. The van der Waals surface area contributed by atoms with Crippen molar-refractivity contribution < 1.29 is 24.3 Å². The number of H-pyrrole nitrogens is 1. The number of nitrogens with two attached hydrogens (primary N) is 2. The molecule has 11 nitrogen and oxygen atoms in total. The normalized spacial score (nSPS) is 13.7. The van der Waals surface area contributed by atoms with Crippen LogP contribution in [-0.4, -0.2) is 65.0 Å². The van der Waals surface area contributed by atoms with Crippen LogP contribution in [0.15, 0.2) is 30.5 Å². The Morgan fingerprint density at radius 3 is 2.36 bits per heavy atom. The molecule has 3 amide bonds. The number of aromatic nitrogens is 1. The zero-order chi connectivity index (χ0) is 24.4. The first kappa shape index (κ1) is 25.8. The Bertz CT molecular complexity index is 975. The molecule has 0 fully saturated rings. The monoisotopic (exact) mass is 460 g/mol. The third kappa shape index (κ3) is 7.58. The van der Waals surface area contributed by atoms with Gasteiger partial charge in [0.1, 0.15) is 18.1 Å². The maximum Gasteiger partial charge on any atom is 0.326 e. The fourth-order valence-corrected chi connectivity index (χ4v) is 3.41. The predicted octanol–water partition coefficient (Wildman–Crippen LogP) is -0.643. The zero-order valence-corrected chi connectivity index (χ0v) is 18.6. The van der Waals surface area contributed by atoms with Crippen LogP contribution in [0.4, 0.5) is 0 Å². The van der Waals surface area contributed by atoms with Gasteiger partial charge in [0.25, 0.3) is 0 Å². The highest BCUT2D eigenvalue weighted by Gasteiger charge is 2.28. The summed E-state index contributed by atoms with van der Waals surface area (Å²) in [5.74, 6) is -2.90. The Labute approximate surface area is 191 Å². The summed E-state index contributed by atoms with van der Waals surface area (Å²) in [5.41, 5.74) is 12.4. The van der Waals surface area contributed by atoms with E-state index in [1.165, 1.54) is 6.92 Å². The van der Waals surface area contributed by atoms with Gasteiger partial charge in [0.05, 0.1) is 6.54 Å². The number of carbonyl (C=O) groups excluding carboxylic acids is 3. The molecule has 2 aromatic rings. The number of rotatable bonds is 13. The van der Waals surface area contributed by atoms with E-state index in [9.17, 15) is 24.3 Å². The number of hydrogen-bond acceptors (Lipinski definition) is 6. The van der Waals surface area contributed by atoms with E-state index < -0.39 is 41.8 Å². The van der Waals surface area contributed by atoms with Crippen LogP contribution >= 0.6 is 0 Å². The molecule has 1 aromatic carbocycles. The zero-order valence-electron chi connectivity index (χ0n) is 18.6. The van der Waals surface area contributed by atoms with E-state index >= 15 is 0 Å². The molecular formula is C22H32N6O5. The fraction of sp³-hybridized carbons (Fsp3) is 0.455. The van der Waals surface area contributed by atoms with Crippen LogP contribution in [0.25, 0.3) is 10.9 Å². The molecule has 0 bridgehead atoms. The van der Waals surface area contributed by atoms with Gasteiger partial charge in [-0.25, -0.2) is 4.79 Å². The number of aliphatic carboxylic acids is 1. The van der Waals surface area contributed by atoms with Gasteiger partial charge in [-0.3, -0.25) is 14.4 Å². The molecule has 0 aliphatic carbocycles. The number of aromatic amines is 1. The van der Waals surface area contributed by atoms with E-state index in [0.717, 1.165) is 16.5 Å². The summed E-state index contributed by atoms with van der Waals surface area (Å²) in [4.78, 5) is 52.0. The van der Waals surface area contributed by atoms with Crippen molar-refractivity contribution in [1.82, 2.24) is 20.9 Å². The highest BCUT2D eigenvalue weighted by atomic mass is 16.4. The SMILES string of the molecule is CC(NC(=O)CN)C(=O)NC(Cc1c[nH]c2ccccc12)C(=O)NC(CCCCN)C(=O)O. The lowest BCUT2D eigenvalue weighted by Gasteiger charge is -2.23. The molecule has 1 aromatic heterocycles. The average Bonchev–Trinajstić information content (AvgIpc) is 3.20. The van der Waals surface area contributed by atoms with Crippen molar-refractivity contribution in [3.63, 3.8) is 0 Å². The molecule has 9 N–H and O–H groups in total. The van der Waals surface area contributed by atoms with Gasteiger partial charge in [-0.1, -0.05) is 18.2 Å². The van der Waals surface area contributed by atoms with Gasteiger partial charge in [0.15, 0.2) is 0 Å². The van der Waals surface area contributed by atoms with Crippen molar-refractivity contribution in [3.05, 3.63) is 36.0 Å². The number of nitrogens with one attached hydrogen (secondary N) is 4. The van der Waals surface area contributed by atoms with Crippen LogP contribution in [-0.2, 0) is 25.6 Å². The Morgan fingerprint density at radius 2 is 1.70 bits per heavy atom. The number of unbranched alkanes of at least 4 members (excludes halogenated alkanes) is 1. The van der Waals surface area contributed by atoms with E-state index in [2.05, 4.69) is 20.9 Å². The van der Waals surface area contributed by atoms with E-state index in [1.807, 2.05) is 24.3 Å². The van der Waals surface area contributed by atoms with Crippen LogP contribution in [0, 0.1) is 0 Å². The molecule has 0 aliphatic rings. The summed E-state index contributed by atoms with van der Waals surface area (Å²) >= 11 is 0. The Morgan fingerprint density at radius 1 is 1.00 bits per heavy atom. The number of amides is 3. The smallest absolute Gasteiger partial charge is 0.326 e. The number of para-hydroxylation sites is 1. The van der Waals surface area contributed by atoms with Gasteiger partial charge in [0, 0.05) is 23.5 Å². The molecule has 2 rings (SSSR count). The fourth-order valence-electron chi connectivity index (χ4n) is 3.41. The van der Waals surface area contributed by atoms with Crippen LogP contribution in [0.3, 0.4) is 0 Å². The minimum absolute atomic E-state index is 0.119. The Kier molecular flexibility index (Phi) is 9.83. The second-order valence-electron chi connectivity index (χ2n) is 7.80. The number of benzene rings is 1. The topological polar surface area (TPSA) is 192 Å². The van der Waals surface area contributed by atoms with Gasteiger partial charge in [0.2, 0.25) is 17.7 Å². The Balaban J connectivity index is 2.21. The second kappa shape index (κ2) is 12.6. The van der Waals surface area contributed by atoms with Gasteiger partial charge < -0.3 is 37.5 Å². The molecule has 0 spiro atoms. The van der Waals surface area contributed by atoms with Crippen molar-refractivity contribution in [2.75, 3.05) is 13.1 Å². The molecule has 0 saturated heterocycles. The summed E-state index contributed by atoms with van der Waals surface area (Å²) < 4.78 is 0. The summed E-state index contributed by atoms with van der Waals surface area (Å²) in [5, 5.41) is 18.0. The standard InChI is InChI=1S/C22H32N6O5/c1-13(26-19(29)11-24)20(30)28-18(10-14-12-25-16-7-3-2-6-15(14)16)21(31)27-17(22(32)33)8-4-5-9-23/h2-3,6-7,12-13,17-18,25H,4-5,8-11,23-24H2,1H3,(H,26,29)(H,27,31)(H,28,30)(H,32,33). The minimum Gasteiger partial charge on any atom is -0.480 e. The summed E-state index contributed by atoms with van der Waals surface area (Å²) in [6.45, 7) is 1.61. The van der Waals surface area contributed by atoms with Gasteiger partial charge in [-0.2, -0.15) is 0 Å². The third-order valence-corrected chi connectivity index (χ3v) is 5.25. The molecule has 11 heteroatoms. The second-order valence-corrected chi connectivity index (χ2v) is 7.80. The maximum atomic E-state index is 13.1. The lowest BCUT2D eigenvalue weighted by Crippen LogP contribution is -2.56. The molecule has 3 unspecified atom stereocenters. The Hall–Kier alpha value is -3.44. The first-order chi connectivity index (χ1) is 15.8. The van der Waals surface area contributed by atoms with Crippen LogP contribution in [0.5, 0.6) is 0 Å². The van der Waals surface area contributed by atoms with Crippen molar-refractivity contribution in [3.8, 4) is 0 Å². The minimum atomic E-state index is -1.17. The largest absolute Gasteiger partial charge is 0.480 e. The maximum absolute atomic E-state index is 13.1. The molecule has 0 radical (unpaired) electrons. The first-order valence-electron chi connectivity index (χ1n) is 10.8. The summed E-state index contributed by atoms with van der Waals surface area (Å²) in [6, 6.07) is 4.39. The predicted molar refractivity (Wildman–Crippen MR) is 123 cm³/mol. The number of fused-ring (bicyclic) bond motifs is 1. The van der Waals surface area contributed by atoms with Crippen molar-refractivity contribution in [1.29, 1.82) is 0 Å². The van der Waals surface area contributed by atoms with Gasteiger partial charge in [-0.05, 0) is 44.4 Å². The van der Waals surface area contributed by atoms with E-state index in [0.29, 0.717) is 19.4 Å². The molecular weight excluding hydrogens is 428 g/mol. The van der Waals surface area contributed by atoms with Gasteiger partial charge in [-0.15, -0.1) is 0 Å². The van der Waals surface area contributed by atoms with Crippen molar-refractivity contribution in [2.24, 2.45) is 11.5 Å². The van der Waals surface area contributed by atoms with Crippen molar-refractivity contribution in [2.45, 2.75) is 50.7 Å². The summed E-state index contributed by atoms with van der Waals surface area (Å²) in [6.07, 6.45) is 3.25. The van der Waals surface area contributed by atoms with Crippen LogP contribution < -0.4 is 27.4 Å². The molecule has 1 heterocycles. The highest BCUT2D eigenvalue weighted by molar-refractivity contribution is 5.94. The average molecular weight is 461 g/mol. The number of hydrogen-bond donors (Lipinski definition) is 7. The molecule has 180 valence electrons. The third-order valence-electron chi connectivity index (χ3n) is 5.25. The molecule has 0 saturated carbocycles. The number of carboxylic acid groups (broad SMARTS) is 1. The summed E-state index contributed by atoms with van der Waals surface area (Å²) in [7, 11) is 0. The van der Waals surface area contributed by atoms with E-state index in [4.69, 9.17) is 11.5 Å². The lowest BCUT2D eigenvalue weighted by molar-refractivity contribution is -0.142. The molecule has 0 aliphatic heterocycles. The lowest BCUT2D eigenvalue weighted by atomic mass is 10.0. The number of carboxylic acids is 1. The quantitative estimate of drug-likeness (QED) is 0.193.